The molecule has 0 unspecified atom stereocenters. The Morgan fingerprint density at radius 1 is 1.10 bits per heavy atom. The average Bonchev–Trinajstić information content (AvgIpc) is 2.38. The van der Waals surface area contributed by atoms with Crippen molar-refractivity contribution in [2.24, 2.45) is 0 Å². The van der Waals surface area contributed by atoms with E-state index in [9.17, 15) is 8.42 Å². The predicted molar refractivity (Wildman–Crippen MR) is 84.1 cm³/mol. The molecule has 0 fully saturated rings. The van der Waals surface area contributed by atoms with Gasteiger partial charge in [0.15, 0.2) is 0 Å². The van der Waals surface area contributed by atoms with E-state index in [0.29, 0.717) is 4.47 Å². The molecule has 5 heteroatoms. The van der Waals surface area contributed by atoms with Gasteiger partial charge in [-0.2, -0.15) is 0 Å². The van der Waals surface area contributed by atoms with Crippen molar-refractivity contribution in [2.45, 2.75) is 24.8 Å². The summed E-state index contributed by atoms with van der Waals surface area (Å²) in [5, 5.41) is 0. The lowest BCUT2D eigenvalue weighted by molar-refractivity contribution is 0.566. The molecule has 2 aromatic carbocycles. The summed E-state index contributed by atoms with van der Waals surface area (Å²) >= 11 is 3.27. The van der Waals surface area contributed by atoms with E-state index in [1.54, 1.807) is 24.3 Å². The Morgan fingerprint density at radius 2 is 1.80 bits per heavy atom. The second-order valence-electron chi connectivity index (χ2n) is 4.69. The van der Waals surface area contributed by atoms with Crippen molar-refractivity contribution in [3.63, 3.8) is 0 Å². The summed E-state index contributed by atoms with van der Waals surface area (Å²) in [7, 11) is -3.55. The summed E-state index contributed by atoms with van der Waals surface area (Å²) in [5.74, 6) is 0. The molecule has 0 heterocycles. The van der Waals surface area contributed by atoms with E-state index in [1.165, 1.54) is 0 Å². The van der Waals surface area contributed by atoms with Crippen LogP contribution in [0.3, 0.4) is 0 Å². The maximum atomic E-state index is 12.4. The predicted octanol–water partition coefficient (Wildman–Crippen LogP) is 3.80. The molecule has 0 bridgehead atoms. The minimum Gasteiger partial charge on any atom is -0.207 e. The van der Waals surface area contributed by atoms with Gasteiger partial charge in [0.05, 0.1) is 4.90 Å². The first kappa shape index (κ1) is 15.2. The number of hydrogen-bond acceptors (Lipinski definition) is 2. The van der Waals surface area contributed by atoms with Gasteiger partial charge < -0.3 is 0 Å². The van der Waals surface area contributed by atoms with Gasteiger partial charge in [0, 0.05) is 10.5 Å². The van der Waals surface area contributed by atoms with Crippen molar-refractivity contribution in [1.29, 1.82) is 0 Å². The van der Waals surface area contributed by atoms with Gasteiger partial charge in [-0.1, -0.05) is 42.0 Å². The number of hydrogen-bond donors (Lipinski definition) is 1. The highest BCUT2D eigenvalue weighted by atomic mass is 79.9. The molecule has 0 saturated carbocycles. The quantitative estimate of drug-likeness (QED) is 0.908. The molecular formula is C15H16BrNO2S. The van der Waals surface area contributed by atoms with Gasteiger partial charge in [-0.25, -0.2) is 13.1 Å². The van der Waals surface area contributed by atoms with Gasteiger partial charge in [0.2, 0.25) is 10.0 Å². The molecule has 0 spiro atoms. The average molecular weight is 354 g/mol. The molecular weight excluding hydrogens is 338 g/mol. The van der Waals surface area contributed by atoms with Gasteiger partial charge in [0.25, 0.3) is 0 Å². The van der Waals surface area contributed by atoms with Crippen LogP contribution in [0.4, 0.5) is 0 Å². The van der Waals surface area contributed by atoms with Crippen molar-refractivity contribution in [1.82, 2.24) is 4.72 Å². The van der Waals surface area contributed by atoms with Crippen LogP contribution >= 0.6 is 15.9 Å². The lowest BCUT2D eigenvalue weighted by atomic mass is 10.1. The third-order valence-electron chi connectivity index (χ3n) is 3.00. The molecule has 0 radical (unpaired) electrons. The Morgan fingerprint density at radius 3 is 2.45 bits per heavy atom. The number of aryl methyl sites for hydroxylation is 1. The minimum absolute atomic E-state index is 0.250. The number of benzene rings is 2. The van der Waals surface area contributed by atoms with Crippen molar-refractivity contribution in [2.75, 3.05) is 0 Å². The van der Waals surface area contributed by atoms with Crippen molar-refractivity contribution >= 4 is 26.0 Å². The summed E-state index contributed by atoms with van der Waals surface area (Å²) in [6.45, 7) is 3.82. The molecule has 2 aromatic rings. The lowest BCUT2D eigenvalue weighted by Crippen LogP contribution is -2.27. The van der Waals surface area contributed by atoms with Crippen LogP contribution in [0.1, 0.15) is 24.1 Å². The van der Waals surface area contributed by atoms with E-state index in [-0.39, 0.29) is 10.9 Å². The maximum Gasteiger partial charge on any atom is 0.242 e. The van der Waals surface area contributed by atoms with Gasteiger partial charge in [-0.05, 0) is 47.5 Å². The molecule has 0 aromatic heterocycles. The Kier molecular flexibility index (Phi) is 4.62. The minimum atomic E-state index is -3.55. The fraction of sp³-hybridized carbons (Fsp3) is 0.200. The molecule has 0 amide bonds. The summed E-state index contributed by atoms with van der Waals surface area (Å²) in [6, 6.07) is 14.3. The van der Waals surface area contributed by atoms with Crippen molar-refractivity contribution in [3.05, 3.63) is 64.1 Å². The van der Waals surface area contributed by atoms with Crippen LogP contribution in [0.2, 0.25) is 0 Å². The van der Waals surface area contributed by atoms with Crippen molar-refractivity contribution < 1.29 is 8.42 Å². The highest BCUT2D eigenvalue weighted by Gasteiger charge is 2.20. The SMILES string of the molecule is Cc1cccc([C@@H](C)NS(=O)(=O)c2ccccc2Br)c1. The van der Waals surface area contributed by atoms with E-state index >= 15 is 0 Å². The molecule has 0 aliphatic heterocycles. The standard InChI is InChI=1S/C15H16BrNO2S/c1-11-6-5-7-13(10-11)12(2)17-20(18,19)15-9-4-3-8-14(15)16/h3-10,12,17H,1-2H3/t12-/m1/s1. The summed E-state index contributed by atoms with van der Waals surface area (Å²) < 4.78 is 28.0. The molecule has 3 nitrogen and oxygen atoms in total. The van der Waals surface area contributed by atoms with Crippen LogP contribution < -0.4 is 4.72 Å². The number of nitrogens with one attached hydrogen (secondary N) is 1. The molecule has 0 aliphatic carbocycles. The number of sulfonamides is 1. The van der Waals surface area contributed by atoms with Crippen LogP contribution in [0, 0.1) is 6.92 Å². The maximum absolute atomic E-state index is 12.4. The molecule has 20 heavy (non-hydrogen) atoms. The zero-order valence-electron chi connectivity index (χ0n) is 11.3. The monoisotopic (exact) mass is 353 g/mol. The molecule has 2 rings (SSSR count). The third kappa shape index (κ3) is 3.48. The Hall–Kier alpha value is -1.17. The fourth-order valence-corrected chi connectivity index (χ4v) is 4.20. The second-order valence-corrected chi connectivity index (χ2v) is 7.22. The smallest absolute Gasteiger partial charge is 0.207 e. The fourth-order valence-electron chi connectivity index (χ4n) is 1.97. The van der Waals surface area contributed by atoms with Crippen LogP contribution in [-0.2, 0) is 10.0 Å². The van der Waals surface area contributed by atoms with Crippen LogP contribution in [0.5, 0.6) is 0 Å². The van der Waals surface area contributed by atoms with Gasteiger partial charge >= 0.3 is 0 Å². The Balaban J connectivity index is 2.27. The van der Waals surface area contributed by atoms with E-state index < -0.39 is 10.0 Å². The van der Waals surface area contributed by atoms with Gasteiger partial charge in [-0.15, -0.1) is 0 Å². The van der Waals surface area contributed by atoms with Crippen molar-refractivity contribution in [3.8, 4) is 0 Å². The zero-order chi connectivity index (χ0) is 14.8. The Bertz CT molecular complexity index is 713. The molecule has 0 aliphatic rings. The van der Waals surface area contributed by atoms with Crippen LogP contribution in [0.25, 0.3) is 0 Å². The van der Waals surface area contributed by atoms with E-state index in [2.05, 4.69) is 20.7 Å². The largest absolute Gasteiger partial charge is 0.242 e. The summed E-state index contributed by atoms with van der Waals surface area (Å²) in [6.07, 6.45) is 0. The number of rotatable bonds is 4. The molecule has 1 N–H and O–H groups in total. The first-order valence-corrected chi connectivity index (χ1v) is 8.51. The van der Waals surface area contributed by atoms with Gasteiger partial charge in [0.1, 0.15) is 0 Å². The molecule has 0 saturated heterocycles. The zero-order valence-corrected chi connectivity index (χ0v) is 13.7. The molecule has 106 valence electrons. The lowest BCUT2D eigenvalue weighted by Gasteiger charge is -2.16. The Labute approximate surface area is 128 Å². The third-order valence-corrected chi connectivity index (χ3v) is 5.55. The number of halogens is 1. The topological polar surface area (TPSA) is 46.2 Å². The molecule has 1 atom stereocenters. The summed E-state index contributed by atoms with van der Waals surface area (Å²) in [4.78, 5) is 0.250. The first-order chi connectivity index (χ1) is 9.40. The normalized spacial score (nSPS) is 13.2. The summed E-state index contributed by atoms with van der Waals surface area (Å²) in [5.41, 5.74) is 2.05. The van der Waals surface area contributed by atoms with E-state index in [0.717, 1.165) is 11.1 Å². The van der Waals surface area contributed by atoms with Crippen LogP contribution in [0.15, 0.2) is 57.9 Å². The van der Waals surface area contributed by atoms with Gasteiger partial charge in [-0.3, -0.25) is 0 Å². The first-order valence-electron chi connectivity index (χ1n) is 6.23. The van der Waals surface area contributed by atoms with Crippen LogP contribution in [-0.4, -0.2) is 8.42 Å². The highest BCUT2D eigenvalue weighted by Crippen LogP contribution is 2.23. The second kappa shape index (κ2) is 6.08. The van der Waals surface area contributed by atoms with E-state index in [1.807, 2.05) is 38.1 Å². The highest BCUT2D eigenvalue weighted by molar-refractivity contribution is 9.10. The van der Waals surface area contributed by atoms with E-state index in [4.69, 9.17) is 0 Å².